The minimum Gasteiger partial charge on any atom is -0.481 e. The number of nitrogens with one attached hydrogen (secondary N) is 1. The van der Waals surface area contributed by atoms with E-state index in [4.69, 9.17) is 10.8 Å². The largest absolute Gasteiger partial charge is 0.481 e. The first-order chi connectivity index (χ1) is 9.90. The van der Waals surface area contributed by atoms with Gasteiger partial charge in [0.25, 0.3) is 0 Å². The van der Waals surface area contributed by atoms with E-state index in [1.54, 1.807) is 0 Å². The summed E-state index contributed by atoms with van der Waals surface area (Å²) in [5.41, 5.74) is 5.58. The fourth-order valence-electron chi connectivity index (χ4n) is 2.58. The van der Waals surface area contributed by atoms with Crippen LogP contribution in [-0.4, -0.2) is 30.1 Å². The van der Waals surface area contributed by atoms with Crippen LogP contribution in [0.4, 0.5) is 0 Å². The molecule has 124 valence electrons. The fraction of sp³-hybridized carbons (Fsp3) is 0.875. The van der Waals surface area contributed by atoms with Crippen molar-refractivity contribution in [2.45, 2.75) is 59.3 Å². The van der Waals surface area contributed by atoms with Gasteiger partial charge >= 0.3 is 5.97 Å². The summed E-state index contributed by atoms with van der Waals surface area (Å²) < 4.78 is 0. The van der Waals surface area contributed by atoms with Crippen LogP contribution in [0.25, 0.3) is 0 Å². The summed E-state index contributed by atoms with van der Waals surface area (Å²) in [6.45, 7) is 6.98. The number of nitrogens with two attached hydrogens (primary N) is 1. The lowest BCUT2D eigenvalue weighted by molar-refractivity contribution is -0.142. The molecule has 0 bridgehead atoms. The van der Waals surface area contributed by atoms with Crippen molar-refractivity contribution in [1.82, 2.24) is 5.32 Å². The molecule has 0 aromatic carbocycles. The van der Waals surface area contributed by atoms with Crippen LogP contribution in [0.5, 0.6) is 0 Å². The molecule has 0 heterocycles. The van der Waals surface area contributed by atoms with Gasteiger partial charge in [0.1, 0.15) is 0 Å². The summed E-state index contributed by atoms with van der Waals surface area (Å²) in [4.78, 5) is 23.0. The first-order valence-corrected chi connectivity index (χ1v) is 8.10. The molecular formula is C16H32N2O3. The Morgan fingerprint density at radius 3 is 2.33 bits per heavy atom. The Morgan fingerprint density at radius 2 is 1.86 bits per heavy atom. The zero-order valence-electron chi connectivity index (χ0n) is 13.7. The van der Waals surface area contributed by atoms with Crippen molar-refractivity contribution in [3.05, 3.63) is 0 Å². The van der Waals surface area contributed by atoms with Gasteiger partial charge in [-0.05, 0) is 37.6 Å². The molecule has 0 aromatic heterocycles. The van der Waals surface area contributed by atoms with E-state index < -0.39 is 11.9 Å². The molecule has 0 rings (SSSR count). The molecule has 0 aliphatic heterocycles. The number of carbonyl (C=O) groups is 2. The van der Waals surface area contributed by atoms with E-state index in [1.807, 2.05) is 13.8 Å². The van der Waals surface area contributed by atoms with Gasteiger partial charge in [0.15, 0.2) is 0 Å². The molecule has 0 fully saturated rings. The Bertz CT molecular complexity index is 300. The second-order valence-corrected chi connectivity index (χ2v) is 6.24. The maximum atomic E-state index is 11.8. The van der Waals surface area contributed by atoms with E-state index in [0.29, 0.717) is 31.2 Å². The van der Waals surface area contributed by atoms with Crippen LogP contribution in [-0.2, 0) is 9.59 Å². The van der Waals surface area contributed by atoms with Crippen molar-refractivity contribution in [3.8, 4) is 0 Å². The van der Waals surface area contributed by atoms with Gasteiger partial charge in [-0.25, -0.2) is 0 Å². The monoisotopic (exact) mass is 300 g/mol. The molecule has 5 heteroatoms. The molecule has 0 saturated heterocycles. The molecule has 0 aromatic rings. The van der Waals surface area contributed by atoms with E-state index >= 15 is 0 Å². The molecule has 1 amide bonds. The highest BCUT2D eigenvalue weighted by Gasteiger charge is 2.19. The molecule has 21 heavy (non-hydrogen) atoms. The van der Waals surface area contributed by atoms with E-state index in [0.717, 1.165) is 25.7 Å². The summed E-state index contributed by atoms with van der Waals surface area (Å²) in [7, 11) is 0. The molecule has 2 atom stereocenters. The number of hydrogen-bond acceptors (Lipinski definition) is 3. The topological polar surface area (TPSA) is 92.4 Å². The van der Waals surface area contributed by atoms with E-state index in [2.05, 4.69) is 12.2 Å². The second kappa shape index (κ2) is 11.5. The number of aliphatic carboxylic acids is 1. The maximum Gasteiger partial charge on any atom is 0.308 e. The highest BCUT2D eigenvalue weighted by molar-refractivity contribution is 5.77. The van der Waals surface area contributed by atoms with Gasteiger partial charge in [0.05, 0.1) is 5.92 Å². The van der Waals surface area contributed by atoms with Gasteiger partial charge in [-0.3, -0.25) is 9.59 Å². The minimum atomic E-state index is -0.837. The summed E-state index contributed by atoms with van der Waals surface area (Å²) in [6.07, 6.45) is 5.02. The number of rotatable bonds is 12. The van der Waals surface area contributed by atoms with Crippen molar-refractivity contribution in [3.63, 3.8) is 0 Å². The maximum absolute atomic E-state index is 11.8. The molecule has 2 unspecified atom stereocenters. The first-order valence-electron chi connectivity index (χ1n) is 8.10. The van der Waals surface area contributed by atoms with Gasteiger partial charge < -0.3 is 16.2 Å². The molecule has 0 aliphatic rings. The second-order valence-electron chi connectivity index (χ2n) is 6.24. The standard InChI is InChI=1S/C16H32N2O3/c1-4-5-13(8-9-17)6-7-15(19)18-11-14(16(20)21)10-12(2)3/h12-14H,4-11,17H2,1-3H3,(H,18,19)(H,20,21). The Hall–Kier alpha value is -1.10. The van der Waals surface area contributed by atoms with Gasteiger partial charge in [-0.1, -0.05) is 33.6 Å². The number of amides is 1. The quantitative estimate of drug-likeness (QED) is 0.516. The predicted molar refractivity (Wildman–Crippen MR) is 84.9 cm³/mol. The molecule has 0 aliphatic carbocycles. The Kier molecular flexibility index (Phi) is 10.9. The Labute approximate surface area is 128 Å². The van der Waals surface area contributed by atoms with Crippen molar-refractivity contribution in [2.24, 2.45) is 23.5 Å². The predicted octanol–water partition coefficient (Wildman–Crippen LogP) is 2.39. The van der Waals surface area contributed by atoms with Crippen LogP contribution >= 0.6 is 0 Å². The first kappa shape index (κ1) is 19.9. The van der Waals surface area contributed by atoms with Crippen LogP contribution in [0.1, 0.15) is 59.3 Å². The van der Waals surface area contributed by atoms with Crippen molar-refractivity contribution < 1.29 is 14.7 Å². The number of carboxylic acids is 1. The summed E-state index contributed by atoms with van der Waals surface area (Å²) in [5, 5.41) is 11.9. The van der Waals surface area contributed by atoms with Crippen molar-refractivity contribution >= 4 is 11.9 Å². The molecule has 0 saturated carbocycles. The summed E-state index contributed by atoms with van der Waals surface area (Å²) in [6, 6.07) is 0. The SMILES string of the molecule is CCCC(CCN)CCC(=O)NCC(CC(C)C)C(=O)O. The lowest BCUT2D eigenvalue weighted by Gasteiger charge is -2.17. The summed E-state index contributed by atoms with van der Waals surface area (Å²) in [5.74, 6) is -0.582. The zero-order valence-corrected chi connectivity index (χ0v) is 13.7. The molecule has 5 nitrogen and oxygen atoms in total. The molecule has 0 radical (unpaired) electrons. The lowest BCUT2D eigenvalue weighted by Crippen LogP contribution is -2.33. The lowest BCUT2D eigenvalue weighted by atomic mass is 9.94. The van der Waals surface area contributed by atoms with E-state index in [9.17, 15) is 9.59 Å². The molecule has 4 N–H and O–H groups in total. The van der Waals surface area contributed by atoms with Crippen LogP contribution in [0.15, 0.2) is 0 Å². The smallest absolute Gasteiger partial charge is 0.308 e. The van der Waals surface area contributed by atoms with E-state index in [1.165, 1.54) is 0 Å². The third-order valence-corrected chi connectivity index (χ3v) is 3.70. The molecular weight excluding hydrogens is 268 g/mol. The number of carbonyl (C=O) groups excluding carboxylic acids is 1. The van der Waals surface area contributed by atoms with Crippen molar-refractivity contribution in [1.29, 1.82) is 0 Å². The van der Waals surface area contributed by atoms with Gasteiger partial charge in [0, 0.05) is 13.0 Å². The highest BCUT2D eigenvalue weighted by Crippen LogP contribution is 2.17. The van der Waals surface area contributed by atoms with Crippen LogP contribution in [0, 0.1) is 17.8 Å². The number of carboxylic acid groups (broad SMARTS) is 1. The van der Waals surface area contributed by atoms with Crippen LogP contribution in [0.2, 0.25) is 0 Å². The van der Waals surface area contributed by atoms with Crippen molar-refractivity contribution in [2.75, 3.05) is 13.1 Å². The summed E-state index contributed by atoms with van der Waals surface area (Å²) >= 11 is 0. The molecule has 0 spiro atoms. The Balaban J connectivity index is 4.08. The highest BCUT2D eigenvalue weighted by atomic mass is 16.4. The average Bonchev–Trinajstić information content (AvgIpc) is 2.40. The van der Waals surface area contributed by atoms with Gasteiger partial charge in [-0.15, -0.1) is 0 Å². The van der Waals surface area contributed by atoms with Crippen LogP contribution in [0.3, 0.4) is 0 Å². The normalized spacial score (nSPS) is 14.0. The zero-order chi connectivity index (χ0) is 16.3. The van der Waals surface area contributed by atoms with Crippen LogP contribution < -0.4 is 11.1 Å². The minimum absolute atomic E-state index is 0.0527. The fourth-order valence-corrected chi connectivity index (χ4v) is 2.58. The third kappa shape index (κ3) is 10.3. The Morgan fingerprint density at radius 1 is 1.19 bits per heavy atom. The average molecular weight is 300 g/mol. The number of hydrogen-bond donors (Lipinski definition) is 3. The van der Waals surface area contributed by atoms with E-state index in [-0.39, 0.29) is 12.5 Å². The van der Waals surface area contributed by atoms with Gasteiger partial charge in [-0.2, -0.15) is 0 Å². The third-order valence-electron chi connectivity index (χ3n) is 3.70. The van der Waals surface area contributed by atoms with Gasteiger partial charge in [0.2, 0.25) is 5.91 Å².